The van der Waals surface area contributed by atoms with Crippen LogP contribution in [0.25, 0.3) is 49.2 Å². The second-order valence-electron chi connectivity index (χ2n) is 9.74. The zero-order valence-electron chi connectivity index (χ0n) is 19.7. The Labute approximate surface area is 195 Å². The van der Waals surface area contributed by atoms with Gasteiger partial charge in [-0.2, -0.15) is 0 Å². The van der Waals surface area contributed by atoms with Crippen molar-refractivity contribution in [2.75, 3.05) is 0 Å². The summed E-state index contributed by atoms with van der Waals surface area (Å²) >= 11 is 0. The SMILES string of the molecule is [C-]#[N+]c1cc(-c2ccc([Si](C)(C)C)cc2)c2c(c1)oc1c(-c3cccc[n+]3C)c(C)ccc12. The Balaban J connectivity index is 1.84. The first-order chi connectivity index (χ1) is 15.8. The molecule has 2 aromatic heterocycles. The van der Waals surface area contributed by atoms with Gasteiger partial charge < -0.3 is 4.42 Å². The van der Waals surface area contributed by atoms with Crippen LogP contribution in [0.15, 0.2) is 77.3 Å². The van der Waals surface area contributed by atoms with Gasteiger partial charge in [-0.3, -0.25) is 0 Å². The van der Waals surface area contributed by atoms with E-state index in [4.69, 9.17) is 11.0 Å². The third-order valence-electron chi connectivity index (χ3n) is 6.44. The molecule has 0 bridgehead atoms. The highest BCUT2D eigenvalue weighted by Crippen LogP contribution is 2.43. The van der Waals surface area contributed by atoms with Gasteiger partial charge in [0, 0.05) is 22.9 Å². The van der Waals surface area contributed by atoms with E-state index in [1.165, 1.54) is 5.19 Å². The highest BCUT2D eigenvalue weighted by Gasteiger charge is 2.22. The summed E-state index contributed by atoms with van der Waals surface area (Å²) in [5.74, 6) is 0. The largest absolute Gasteiger partial charge is 0.456 e. The van der Waals surface area contributed by atoms with E-state index in [1.54, 1.807) is 0 Å². The molecule has 0 fully saturated rings. The molecule has 5 aromatic rings. The number of aromatic nitrogens is 1. The Morgan fingerprint density at radius 1 is 0.939 bits per heavy atom. The Bertz CT molecular complexity index is 1560. The van der Waals surface area contributed by atoms with E-state index >= 15 is 0 Å². The lowest BCUT2D eigenvalue weighted by molar-refractivity contribution is -0.660. The summed E-state index contributed by atoms with van der Waals surface area (Å²) in [4.78, 5) is 3.74. The van der Waals surface area contributed by atoms with E-state index in [0.717, 1.165) is 49.9 Å². The van der Waals surface area contributed by atoms with Gasteiger partial charge in [0.1, 0.15) is 18.2 Å². The lowest BCUT2D eigenvalue weighted by Gasteiger charge is -2.17. The lowest BCUT2D eigenvalue weighted by Crippen LogP contribution is -2.37. The Hall–Kier alpha value is -3.68. The minimum absolute atomic E-state index is 0.592. The maximum absolute atomic E-state index is 7.65. The van der Waals surface area contributed by atoms with Crippen molar-refractivity contribution in [2.24, 2.45) is 7.05 Å². The van der Waals surface area contributed by atoms with E-state index in [2.05, 4.69) is 97.8 Å². The molecule has 162 valence electrons. The average Bonchev–Trinajstić information content (AvgIpc) is 3.17. The molecule has 3 nitrogen and oxygen atoms in total. The first-order valence-corrected chi connectivity index (χ1v) is 14.7. The van der Waals surface area contributed by atoms with E-state index in [1.807, 2.05) is 18.2 Å². The number of aryl methyl sites for hydroxylation is 2. The standard InChI is InChI=1S/C29H27N2OSi/c1-19-10-15-23-28-24(20-11-13-22(14-12-20)33(4,5)6)17-21(30-2)18-26(28)32-29(23)27(19)25-9-7-8-16-31(25)3/h7-18H,1,3-6H3/q+1. The van der Waals surface area contributed by atoms with Gasteiger partial charge in [0.05, 0.1) is 20.2 Å². The molecule has 33 heavy (non-hydrogen) atoms. The van der Waals surface area contributed by atoms with Crippen LogP contribution in [0.1, 0.15) is 5.56 Å². The summed E-state index contributed by atoms with van der Waals surface area (Å²) in [6.45, 7) is 16.8. The highest BCUT2D eigenvalue weighted by molar-refractivity contribution is 6.88. The number of furan rings is 1. The van der Waals surface area contributed by atoms with Crippen molar-refractivity contribution in [3.8, 4) is 22.4 Å². The van der Waals surface area contributed by atoms with E-state index in [-0.39, 0.29) is 0 Å². The van der Waals surface area contributed by atoms with Crippen LogP contribution in [0.5, 0.6) is 0 Å². The second kappa shape index (κ2) is 7.72. The smallest absolute Gasteiger partial charge is 0.216 e. The molecule has 0 N–H and O–H groups in total. The number of nitrogens with zero attached hydrogens (tertiary/aromatic N) is 2. The monoisotopic (exact) mass is 447 g/mol. The van der Waals surface area contributed by atoms with Crippen molar-refractivity contribution >= 4 is 40.9 Å². The van der Waals surface area contributed by atoms with Crippen LogP contribution in [0, 0.1) is 13.5 Å². The van der Waals surface area contributed by atoms with Crippen LogP contribution >= 0.6 is 0 Å². The first kappa shape index (κ1) is 21.2. The topological polar surface area (TPSA) is 21.4 Å². The predicted octanol–water partition coefficient (Wildman–Crippen LogP) is 7.15. The van der Waals surface area contributed by atoms with Crippen LogP contribution in [0.4, 0.5) is 5.69 Å². The van der Waals surface area contributed by atoms with Crippen LogP contribution in [0.3, 0.4) is 0 Å². The molecular weight excluding hydrogens is 420 g/mol. The molecule has 0 aliphatic heterocycles. The van der Waals surface area contributed by atoms with Gasteiger partial charge in [-0.25, -0.2) is 9.41 Å². The van der Waals surface area contributed by atoms with Crippen LogP contribution in [-0.2, 0) is 7.05 Å². The quantitative estimate of drug-likeness (QED) is 0.163. The van der Waals surface area contributed by atoms with Gasteiger partial charge in [-0.05, 0) is 41.8 Å². The lowest BCUT2D eigenvalue weighted by atomic mass is 9.96. The summed E-state index contributed by atoms with van der Waals surface area (Å²) < 4.78 is 8.63. The average molecular weight is 448 g/mol. The minimum Gasteiger partial charge on any atom is -0.456 e. The van der Waals surface area contributed by atoms with Gasteiger partial charge in [-0.15, -0.1) is 0 Å². The molecule has 0 unspecified atom stereocenters. The molecule has 2 heterocycles. The molecular formula is C29H27N2OSi+. The van der Waals surface area contributed by atoms with Crippen molar-refractivity contribution in [1.82, 2.24) is 0 Å². The fourth-order valence-corrected chi connectivity index (χ4v) is 5.76. The molecule has 0 saturated heterocycles. The molecule has 4 heteroatoms. The number of benzene rings is 3. The summed E-state index contributed by atoms with van der Waals surface area (Å²) in [6, 6.07) is 23.3. The van der Waals surface area contributed by atoms with E-state index in [0.29, 0.717) is 5.69 Å². The molecule has 0 saturated carbocycles. The second-order valence-corrected chi connectivity index (χ2v) is 14.8. The summed E-state index contributed by atoms with van der Waals surface area (Å²) in [7, 11) is 0.669. The normalized spacial score (nSPS) is 11.8. The van der Waals surface area contributed by atoms with Gasteiger partial charge in [0.15, 0.2) is 11.9 Å². The third kappa shape index (κ3) is 3.55. The van der Waals surface area contributed by atoms with Crippen molar-refractivity contribution in [3.63, 3.8) is 0 Å². The minimum atomic E-state index is -1.39. The molecule has 0 atom stereocenters. The van der Waals surface area contributed by atoms with Crippen LogP contribution in [-0.4, -0.2) is 8.07 Å². The van der Waals surface area contributed by atoms with Crippen molar-refractivity contribution in [1.29, 1.82) is 0 Å². The number of hydrogen-bond donors (Lipinski definition) is 0. The van der Waals surface area contributed by atoms with Gasteiger partial charge in [0.2, 0.25) is 5.69 Å². The zero-order chi connectivity index (χ0) is 23.3. The predicted molar refractivity (Wildman–Crippen MR) is 140 cm³/mol. The Kier molecular flexibility index (Phi) is 4.95. The molecule has 3 aromatic carbocycles. The summed E-state index contributed by atoms with van der Waals surface area (Å²) in [5.41, 5.74) is 7.74. The number of hydrogen-bond acceptors (Lipinski definition) is 1. The zero-order valence-corrected chi connectivity index (χ0v) is 20.7. The summed E-state index contributed by atoms with van der Waals surface area (Å²) in [6.07, 6.45) is 2.05. The van der Waals surface area contributed by atoms with E-state index in [9.17, 15) is 0 Å². The van der Waals surface area contributed by atoms with Gasteiger partial charge in [0.25, 0.3) is 0 Å². The molecule has 0 aliphatic carbocycles. The number of fused-ring (bicyclic) bond motifs is 3. The first-order valence-electron chi connectivity index (χ1n) is 11.2. The highest BCUT2D eigenvalue weighted by atomic mass is 28.3. The van der Waals surface area contributed by atoms with Crippen molar-refractivity contribution < 1.29 is 8.98 Å². The Morgan fingerprint density at radius 3 is 2.36 bits per heavy atom. The molecule has 0 aliphatic rings. The summed E-state index contributed by atoms with van der Waals surface area (Å²) in [5, 5.41) is 3.57. The van der Waals surface area contributed by atoms with Gasteiger partial charge in [-0.1, -0.05) is 61.2 Å². The maximum Gasteiger partial charge on any atom is 0.216 e. The molecule has 0 amide bonds. The number of pyridine rings is 1. The van der Waals surface area contributed by atoms with Crippen molar-refractivity contribution in [3.05, 3.63) is 89.9 Å². The van der Waals surface area contributed by atoms with E-state index < -0.39 is 8.07 Å². The van der Waals surface area contributed by atoms with Crippen LogP contribution in [0.2, 0.25) is 19.6 Å². The Morgan fingerprint density at radius 2 is 1.70 bits per heavy atom. The van der Waals surface area contributed by atoms with Gasteiger partial charge >= 0.3 is 0 Å². The third-order valence-corrected chi connectivity index (χ3v) is 8.50. The van der Waals surface area contributed by atoms with Crippen LogP contribution < -0.4 is 9.75 Å². The van der Waals surface area contributed by atoms with Crippen molar-refractivity contribution in [2.45, 2.75) is 26.6 Å². The molecule has 0 radical (unpaired) electrons. The fraction of sp³-hybridized carbons (Fsp3) is 0.172. The number of rotatable bonds is 3. The fourth-order valence-electron chi connectivity index (χ4n) is 4.60. The maximum atomic E-state index is 7.65. The molecule has 0 spiro atoms. The molecule has 5 rings (SSSR count).